The van der Waals surface area contributed by atoms with Crippen LogP contribution in [0.4, 0.5) is 25.4 Å². The van der Waals surface area contributed by atoms with E-state index in [1.54, 1.807) is 40.1 Å². The minimum absolute atomic E-state index is 0.156. The van der Waals surface area contributed by atoms with Crippen LogP contribution < -0.4 is 10.2 Å². The molecule has 0 aliphatic carbocycles. The topological polar surface area (TPSA) is 61.9 Å². The molecule has 3 aromatic carbocycles. The number of amides is 3. The number of nitrogens with zero attached hydrogens (tertiary/aromatic N) is 2. The molecule has 32 heavy (non-hydrogen) atoms. The second-order valence-corrected chi connectivity index (χ2v) is 7.54. The summed E-state index contributed by atoms with van der Waals surface area (Å²) < 4.78 is 18.5. The molecule has 0 aromatic heterocycles. The first-order valence-corrected chi connectivity index (χ1v) is 10.5. The van der Waals surface area contributed by atoms with Gasteiger partial charge in [-0.25, -0.2) is 14.0 Å². The van der Waals surface area contributed by atoms with Gasteiger partial charge >= 0.3 is 12.1 Å². The third-order valence-electron chi connectivity index (χ3n) is 5.24. The summed E-state index contributed by atoms with van der Waals surface area (Å²) in [7, 11) is 0. The predicted molar refractivity (Wildman–Crippen MR) is 121 cm³/mol. The Kier molecular flexibility index (Phi) is 6.65. The van der Waals surface area contributed by atoms with Gasteiger partial charge in [0.15, 0.2) is 0 Å². The molecule has 1 aliphatic heterocycles. The number of benzene rings is 3. The lowest BCUT2D eigenvalue weighted by Gasteiger charge is -2.36. The van der Waals surface area contributed by atoms with E-state index in [9.17, 15) is 14.0 Å². The highest BCUT2D eigenvalue weighted by Crippen LogP contribution is 2.29. The molecule has 1 aliphatic rings. The second-order valence-electron chi connectivity index (χ2n) is 7.54. The van der Waals surface area contributed by atoms with E-state index in [1.165, 1.54) is 12.1 Å². The molecule has 4 rings (SSSR count). The van der Waals surface area contributed by atoms with E-state index < -0.39 is 6.09 Å². The van der Waals surface area contributed by atoms with E-state index in [0.717, 1.165) is 17.5 Å². The van der Waals surface area contributed by atoms with Crippen molar-refractivity contribution in [2.45, 2.75) is 19.6 Å². The Balaban J connectivity index is 1.44. The van der Waals surface area contributed by atoms with E-state index in [1.807, 2.05) is 36.4 Å². The fourth-order valence-electron chi connectivity index (χ4n) is 3.65. The fourth-order valence-corrected chi connectivity index (χ4v) is 3.65. The average Bonchev–Trinajstić information content (AvgIpc) is 2.82. The molecule has 6 nitrogen and oxygen atoms in total. The van der Waals surface area contributed by atoms with Gasteiger partial charge in [0, 0.05) is 19.6 Å². The summed E-state index contributed by atoms with van der Waals surface area (Å²) in [6.07, 6.45) is 0.189. The van der Waals surface area contributed by atoms with Crippen LogP contribution in [0.1, 0.15) is 17.5 Å². The van der Waals surface area contributed by atoms with Crippen molar-refractivity contribution in [3.63, 3.8) is 0 Å². The van der Waals surface area contributed by atoms with Crippen LogP contribution >= 0.6 is 0 Å². The highest BCUT2D eigenvalue weighted by atomic mass is 19.1. The van der Waals surface area contributed by atoms with Gasteiger partial charge in [0.2, 0.25) is 0 Å². The zero-order valence-electron chi connectivity index (χ0n) is 17.5. The maximum absolute atomic E-state index is 13.2. The standard InChI is InChI=1S/C25H24FN3O3/c26-21-13-11-19(12-14-21)17-28-15-6-16-29(25(28)31)23-10-5-4-9-22(23)27-24(30)32-18-20-7-2-1-3-8-20/h1-5,7-14H,6,15-18H2,(H,27,30). The molecule has 7 heteroatoms. The first-order chi connectivity index (χ1) is 15.6. The van der Waals surface area contributed by atoms with Gasteiger partial charge in [0.05, 0.1) is 11.4 Å². The van der Waals surface area contributed by atoms with Gasteiger partial charge in [-0.05, 0) is 41.8 Å². The van der Waals surface area contributed by atoms with Crippen molar-refractivity contribution >= 4 is 23.5 Å². The number of hydrogen-bond donors (Lipinski definition) is 1. The maximum Gasteiger partial charge on any atom is 0.412 e. The summed E-state index contributed by atoms with van der Waals surface area (Å²) >= 11 is 0. The molecule has 1 saturated heterocycles. The number of rotatable bonds is 6. The minimum Gasteiger partial charge on any atom is -0.444 e. The van der Waals surface area contributed by atoms with Gasteiger partial charge in [-0.1, -0.05) is 54.6 Å². The Hall–Kier alpha value is -3.87. The lowest BCUT2D eigenvalue weighted by molar-refractivity contribution is 0.155. The molecule has 1 N–H and O–H groups in total. The van der Waals surface area contributed by atoms with Crippen LogP contribution in [0.15, 0.2) is 78.9 Å². The predicted octanol–water partition coefficient (Wildman–Crippen LogP) is 5.41. The van der Waals surface area contributed by atoms with Crippen molar-refractivity contribution in [3.8, 4) is 0 Å². The molecule has 3 amide bonds. The zero-order valence-corrected chi connectivity index (χ0v) is 17.5. The molecular formula is C25H24FN3O3. The number of nitrogens with one attached hydrogen (secondary N) is 1. The second kappa shape index (κ2) is 9.96. The fraction of sp³-hybridized carbons (Fsp3) is 0.200. The molecule has 0 atom stereocenters. The largest absolute Gasteiger partial charge is 0.444 e. The van der Waals surface area contributed by atoms with Gasteiger partial charge < -0.3 is 9.64 Å². The number of carbonyl (C=O) groups excluding carboxylic acids is 2. The van der Waals surface area contributed by atoms with Gasteiger partial charge in [0.25, 0.3) is 0 Å². The zero-order chi connectivity index (χ0) is 22.3. The van der Waals surface area contributed by atoms with Crippen LogP contribution in [-0.4, -0.2) is 30.1 Å². The molecule has 0 radical (unpaired) electrons. The van der Waals surface area contributed by atoms with Gasteiger partial charge in [-0.15, -0.1) is 0 Å². The molecule has 164 valence electrons. The average molecular weight is 433 g/mol. The monoisotopic (exact) mass is 433 g/mol. The lowest BCUT2D eigenvalue weighted by atomic mass is 10.1. The van der Waals surface area contributed by atoms with E-state index in [4.69, 9.17) is 4.74 Å². The van der Waals surface area contributed by atoms with Crippen molar-refractivity contribution in [1.29, 1.82) is 0 Å². The smallest absolute Gasteiger partial charge is 0.412 e. The van der Waals surface area contributed by atoms with Crippen molar-refractivity contribution in [3.05, 3.63) is 95.8 Å². The van der Waals surface area contributed by atoms with Gasteiger partial charge in [0.1, 0.15) is 12.4 Å². The van der Waals surface area contributed by atoms with Gasteiger partial charge in [-0.2, -0.15) is 0 Å². The van der Waals surface area contributed by atoms with E-state index >= 15 is 0 Å². The number of ether oxygens (including phenoxy) is 1. The molecule has 0 spiro atoms. The molecule has 1 fully saturated rings. The van der Waals surface area contributed by atoms with Crippen LogP contribution in [0.25, 0.3) is 0 Å². The van der Waals surface area contributed by atoms with Crippen molar-refractivity contribution < 1.29 is 18.7 Å². The molecule has 0 unspecified atom stereocenters. The normalized spacial score (nSPS) is 13.7. The Morgan fingerprint density at radius 1 is 0.906 bits per heavy atom. The SMILES string of the molecule is O=C(Nc1ccccc1N1CCCN(Cc2ccc(F)cc2)C1=O)OCc1ccccc1. The Bertz CT molecular complexity index is 1070. The van der Waals surface area contributed by atoms with Crippen LogP contribution in [0.2, 0.25) is 0 Å². The number of halogens is 1. The summed E-state index contributed by atoms with van der Waals surface area (Å²) in [6, 6.07) is 22.6. The maximum atomic E-state index is 13.2. The Labute approximate surface area is 186 Å². The van der Waals surface area contributed by atoms with Crippen LogP contribution in [-0.2, 0) is 17.9 Å². The number of anilines is 2. The molecule has 3 aromatic rings. The Morgan fingerprint density at radius 3 is 2.41 bits per heavy atom. The summed E-state index contributed by atoms with van der Waals surface area (Å²) in [6.45, 7) is 1.70. The lowest BCUT2D eigenvalue weighted by Crippen LogP contribution is -2.49. The first kappa shape index (κ1) is 21.4. The summed E-state index contributed by atoms with van der Waals surface area (Å²) in [5.74, 6) is -0.306. The van der Waals surface area contributed by atoms with Crippen molar-refractivity contribution in [1.82, 2.24) is 4.90 Å². The third kappa shape index (κ3) is 5.24. The van der Waals surface area contributed by atoms with Crippen LogP contribution in [0, 0.1) is 5.82 Å². The Morgan fingerprint density at radius 2 is 1.62 bits per heavy atom. The first-order valence-electron chi connectivity index (χ1n) is 10.5. The van der Waals surface area contributed by atoms with E-state index in [0.29, 0.717) is 31.0 Å². The molecule has 1 heterocycles. The summed E-state index contributed by atoms with van der Waals surface area (Å²) in [5, 5.41) is 2.75. The number of para-hydroxylation sites is 2. The van der Waals surface area contributed by atoms with E-state index in [2.05, 4.69) is 5.32 Å². The van der Waals surface area contributed by atoms with Crippen LogP contribution in [0.5, 0.6) is 0 Å². The molecule has 0 saturated carbocycles. The van der Waals surface area contributed by atoms with Gasteiger partial charge in [-0.3, -0.25) is 10.2 Å². The highest BCUT2D eigenvalue weighted by molar-refractivity contribution is 5.99. The summed E-state index contributed by atoms with van der Waals surface area (Å²) in [4.78, 5) is 28.9. The molecule has 0 bridgehead atoms. The van der Waals surface area contributed by atoms with E-state index in [-0.39, 0.29) is 18.5 Å². The third-order valence-corrected chi connectivity index (χ3v) is 5.24. The number of hydrogen-bond acceptors (Lipinski definition) is 3. The quantitative estimate of drug-likeness (QED) is 0.566. The minimum atomic E-state index is -0.589. The summed E-state index contributed by atoms with van der Waals surface area (Å²) in [5.41, 5.74) is 2.86. The number of carbonyl (C=O) groups is 2. The highest BCUT2D eigenvalue weighted by Gasteiger charge is 2.28. The number of urea groups is 1. The van der Waals surface area contributed by atoms with Crippen LogP contribution in [0.3, 0.4) is 0 Å². The van der Waals surface area contributed by atoms with Crippen molar-refractivity contribution in [2.24, 2.45) is 0 Å². The molecular weight excluding hydrogens is 409 g/mol. The van der Waals surface area contributed by atoms with Crippen molar-refractivity contribution in [2.75, 3.05) is 23.3 Å².